The molecule has 6 nitrogen and oxygen atoms in total. The molecular formula is C22H20N4O2. The lowest BCUT2D eigenvalue weighted by atomic mass is 10.1. The minimum Gasteiger partial charge on any atom is -0.295 e. The first-order valence-electron chi connectivity index (χ1n) is 9.19. The molecule has 6 heteroatoms. The SMILES string of the molecule is Cn1c(=O)n(C(=O)CCCc2ccccc2)c2cc(-c3cncnc3)ccc21. The summed E-state index contributed by atoms with van der Waals surface area (Å²) < 4.78 is 2.79. The summed E-state index contributed by atoms with van der Waals surface area (Å²) in [5.74, 6) is -0.187. The normalized spacial score (nSPS) is 11.0. The minimum absolute atomic E-state index is 0.187. The molecule has 140 valence electrons. The topological polar surface area (TPSA) is 69.8 Å². The van der Waals surface area contributed by atoms with Crippen molar-refractivity contribution in [1.82, 2.24) is 19.1 Å². The van der Waals surface area contributed by atoms with E-state index in [4.69, 9.17) is 0 Å². The van der Waals surface area contributed by atoms with Gasteiger partial charge in [0, 0.05) is 31.4 Å². The van der Waals surface area contributed by atoms with Gasteiger partial charge in [-0.15, -0.1) is 0 Å². The lowest BCUT2D eigenvalue weighted by Gasteiger charge is -2.05. The van der Waals surface area contributed by atoms with Crippen molar-refractivity contribution >= 4 is 16.9 Å². The van der Waals surface area contributed by atoms with E-state index in [0.29, 0.717) is 18.4 Å². The third-order valence-corrected chi connectivity index (χ3v) is 4.90. The van der Waals surface area contributed by atoms with Crippen molar-refractivity contribution in [3.8, 4) is 11.1 Å². The van der Waals surface area contributed by atoms with Crippen LogP contribution in [0.1, 0.15) is 23.2 Å². The highest BCUT2D eigenvalue weighted by Crippen LogP contribution is 2.23. The zero-order chi connectivity index (χ0) is 19.5. The Balaban J connectivity index is 1.64. The van der Waals surface area contributed by atoms with Crippen LogP contribution in [0.15, 0.2) is 72.0 Å². The smallest absolute Gasteiger partial charge is 0.295 e. The fourth-order valence-corrected chi connectivity index (χ4v) is 3.41. The van der Waals surface area contributed by atoms with Crippen LogP contribution < -0.4 is 5.69 Å². The van der Waals surface area contributed by atoms with E-state index in [2.05, 4.69) is 9.97 Å². The molecule has 28 heavy (non-hydrogen) atoms. The number of fused-ring (bicyclic) bond motifs is 1. The molecule has 0 N–H and O–H groups in total. The van der Waals surface area contributed by atoms with E-state index in [9.17, 15) is 9.59 Å². The summed E-state index contributed by atoms with van der Waals surface area (Å²) in [6.07, 6.45) is 6.70. The number of hydrogen-bond acceptors (Lipinski definition) is 4. The Hall–Kier alpha value is -3.54. The average molecular weight is 372 g/mol. The monoisotopic (exact) mass is 372 g/mol. The number of carbonyl (C=O) groups excluding carboxylic acids is 1. The molecule has 0 aliphatic carbocycles. The molecular weight excluding hydrogens is 352 g/mol. The molecule has 2 aromatic carbocycles. The summed E-state index contributed by atoms with van der Waals surface area (Å²) in [5.41, 5.74) is 3.90. The van der Waals surface area contributed by atoms with Gasteiger partial charge in [0.15, 0.2) is 0 Å². The van der Waals surface area contributed by atoms with E-state index < -0.39 is 0 Å². The molecule has 0 amide bonds. The standard InChI is InChI=1S/C22H20N4O2/c1-25-19-11-10-17(18-13-23-15-24-14-18)12-20(19)26(22(25)28)21(27)9-5-8-16-6-3-2-4-7-16/h2-4,6-7,10-15H,5,8-9H2,1H3. The lowest BCUT2D eigenvalue weighted by Crippen LogP contribution is -2.27. The Morgan fingerprint density at radius 3 is 2.46 bits per heavy atom. The summed E-state index contributed by atoms with van der Waals surface area (Å²) in [7, 11) is 1.68. The molecule has 0 unspecified atom stereocenters. The number of nitrogens with zero attached hydrogens (tertiary/aromatic N) is 4. The third-order valence-electron chi connectivity index (χ3n) is 4.90. The van der Waals surface area contributed by atoms with Crippen LogP contribution >= 0.6 is 0 Å². The molecule has 0 aliphatic rings. The van der Waals surface area contributed by atoms with E-state index in [0.717, 1.165) is 23.1 Å². The van der Waals surface area contributed by atoms with Gasteiger partial charge in [0.05, 0.1) is 11.0 Å². The van der Waals surface area contributed by atoms with E-state index in [1.54, 1.807) is 19.4 Å². The van der Waals surface area contributed by atoms with Gasteiger partial charge in [-0.3, -0.25) is 9.36 Å². The molecule has 2 heterocycles. The number of rotatable bonds is 5. The van der Waals surface area contributed by atoms with Crippen LogP contribution in [0.3, 0.4) is 0 Å². The van der Waals surface area contributed by atoms with Crippen LogP contribution in [-0.4, -0.2) is 25.0 Å². The van der Waals surface area contributed by atoms with Crippen LogP contribution in [-0.2, 0) is 13.5 Å². The number of aromatic nitrogens is 4. The quantitative estimate of drug-likeness (QED) is 0.538. The van der Waals surface area contributed by atoms with Crippen LogP contribution in [0.2, 0.25) is 0 Å². The number of imidazole rings is 1. The van der Waals surface area contributed by atoms with E-state index >= 15 is 0 Å². The largest absolute Gasteiger partial charge is 0.335 e. The van der Waals surface area contributed by atoms with Gasteiger partial charge in [-0.25, -0.2) is 19.3 Å². The fraction of sp³-hybridized carbons (Fsp3) is 0.182. The van der Waals surface area contributed by atoms with Gasteiger partial charge in [0.1, 0.15) is 6.33 Å². The molecule has 0 spiro atoms. The van der Waals surface area contributed by atoms with Crippen LogP contribution in [0.4, 0.5) is 0 Å². The van der Waals surface area contributed by atoms with E-state index in [1.165, 1.54) is 21.0 Å². The maximum absolute atomic E-state index is 12.9. The third kappa shape index (κ3) is 3.36. The molecule has 0 fully saturated rings. The second-order valence-corrected chi connectivity index (χ2v) is 6.74. The number of aryl methyl sites for hydroxylation is 2. The Labute approximate surface area is 162 Å². The minimum atomic E-state index is -0.318. The Kier molecular flexibility index (Phi) is 4.85. The molecule has 0 bridgehead atoms. The van der Waals surface area contributed by atoms with Crippen molar-refractivity contribution in [2.45, 2.75) is 19.3 Å². The van der Waals surface area contributed by atoms with Crippen molar-refractivity contribution in [3.05, 3.63) is 83.3 Å². The number of benzene rings is 2. The highest BCUT2D eigenvalue weighted by Gasteiger charge is 2.17. The molecule has 2 aromatic heterocycles. The second kappa shape index (κ2) is 7.60. The fourth-order valence-electron chi connectivity index (χ4n) is 3.41. The molecule has 4 rings (SSSR count). The summed E-state index contributed by atoms with van der Waals surface area (Å²) in [6, 6.07) is 15.6. The van der Waals surface area contributed by atoms with E-state index in [-0.39, 0.29) is 11.6 Å². The van der Waals surface area contributed by atoms with Crippen molar-refractivity contribution < 1.29 is 4.79 Å². The van der Waals surface area contributed by atoms with Crippen LogP contribution in [0.5, 0.6) is 0 Å². The van der Waals surface area contributed by atoms with Gasteiger partial charge in [-0.2, -0.15) is 0 Å². The second-order valence-electron chi connectivity index (χ2n) is 6.74. The molecule has 0 aliphatic heterocycles. The van der Waals surface area contributed by atoms with Gasteiger partial charge < -0.3 is 0 Å². The summed E-state index contributed by atoms with van der Waals surface area (Å²) in [4.78, 5) is 33.6. The predicted octanol–water partition coefficient (Wildman–Crippen LogP) is 3.46. The lowest BCUT2D eigenvalue weighted by molar-refractivity contribution is 0.0900. The predicted molar refractivity (Wildman–Crippen MR) is 108 cm³/mol. The van der Waals surface area contributed by atoms with Crippen molar-refractivity contribution in [2.75, 3.05) is 0 Å². The maximum Gasteiger partial charge on any atom is 0.335 e. The molecule has 0 saturated heterocycles. The van der Waals surface area contributed by atoms with Crippen molar-refractivity contribution in [1.29, 1.82) is 0 Å². The van der Waals surface area contributed by atoms with Gasteiger partial charge >= 0.3 is 5.69 Å². The molecule has 0 saturated carbocycles. The van der Waals surface area contributed by atoms with Gasteiger partial charge in [-0.1, -0.05) is 36.4 Å². The Morgan fingerprint density at radius 2 is 1.71 bits per heavy atom. The maximum atomic E-state index is 12.9. The van der Waals surface area contributed by atoms with Crippen molar-refractivity contribution in [2.24, 2.45) is 7.05 Å². The van der Waals surface area contributed by atoms with Crippen molar-refractivity contribution in [3.63, 3.8) is 0 Å². The average Bonchev–Trinajstić information content (AvgIpc) is 2.99. The zero-order valence-electron chi connectivity index (χ0n) is 15.6. The summed E-state index contributed by atoms with van der Waals surface area (Å²) in [5, 5.41) is 0. The molecule has 4 aromatic rings. The molecule has 0 radical (unpaired) electrons. The highest BCUT2D eigenvalue weighted by atomic mass is 16.2. The Morgan fingerprint density at radius 1 is 0.964 bits per heavy atom. The number of carbonyl (C=O) groups is 1. The van der Waals surface area contributed by atoms with Gasteiger partial charge in [-0.05, 0) is 36.1 Å². The number of hydrogen-bond donors (Lipinski definition) is 0. The van der Waals surface area contributed by atoms with Gasteiger partial charge in [0.2, 0.25) is 5.91 Å². The first kappa shape index (κ1) is 17.9. The van der Waals surface area contributed by atoms with E-state index in [1.807, 2.05) is 48.5 Å². The Bertz CT molecular complexity index is 1180. The first-order chi connectivity index (χ1) is 13.6. The zero-order valence-corrected chi connectivity index (χ0v) is 15.6. The summed E-state index contributed by atoms with van der Waals surface area (Å²) >= 11 is 0. The highest BCUT2D eigenvalue weighted by molar-refractivity contribution is 5.92. The molecule has 0 atom stereocenters. The first-order valence-corrected chi connectivity index (χ1v) is 9.19. The summed E-state index contributed by atoms with van der Waals surface area (Å²) in [6.45, 7) is 0. The van der Waals surface area contributed by atoms with Gasteiger partial charge in [0.25, 0.3) is 0 Å². The van der Waals surface area contributed by atoms with Crippen LogP contribution in [0.25, 0.3) is 22.2 Å². The van der Waals surface area contributed by atoms with Crippen LogP contribution in [0, 0.1) is 0 Å².